The SMILES string of the molecule is CCCCCOc1ccc(CC(CN)c2cccs2)cc1OC. The Morgan fingerprint density at radius 2 is 2.04 bits per heavy atom. The van der Waals surface area contributed by atoms with Gasteiger partial charge in [-0.1, -0.05) is 31.9 Å². The zero-order chi connectivity index (χ0) is 16.5. The molecule has 0 aliphatic heterocycles. The van der Waals surface area contributed by atoms with E-state index in [2.05, 4.69) is 36.6 Å². The summed E-state index contributed by atoms with van der Waals surface area (Å²) in [5.74, 6) is 1.99. The predicted octanol–water partition coefficient (Wildman–Crippen LogP) is 4.61. The fraction of sp³-hybridized carbons (Fsp3) is 0.474. The van der Waals surface area contributed by atoms with Crippen LogP contribution in [0.1, 0.15) is 42.5 Å². The third-order valence-corrected chi connectivity index (χ3v) is 4.98. The number of hydrogen-bond donors (Lipinski definition) is 1. The van der Waals surface area contributed by atoms with Crippen LogP contribution in [-0.4, -0.2) is 20.3 Å². The van der Waals surface area contributed by atoms with Gasteiger partial charge in [0.1, 0.15) is 0 Å². The van der Waals surface area contributed by atoms with Crippen molar-refractivity contribution in [1.29, 1.82) is 0 Å². The zero-order valence-electron chi connectivity index (χ0n) is 14.1. The van der Waals surface area contributed by atoms with Gasteiger partial charge in [0.25, 0.3) is 0 Å². The van der Waals surface area contributed by atoms with Gasteiger partial charge in [0.2, 0.25) is 0 Å². The predicted molar refractivity (Wildman–Crippen MR) is 97.8 cm³/mol. The van der Waals surface area contributed by atoms with Gasteiger partial charge >= 0.3 is 0 Å². The van der Waals surface area contributed by atoms with Crippen molar-refractivity contribution in [2.75, 3.05) is 20.3 Å². The first-order chi connectivity index (χ1) is 11.3. The van der Waals surface area contributed by atoms with Crippen molar-refractivity contribution in [3.63, 3.8) is 0 Å². The van der Waals surface area contributed by atoms with Crippen molar-refractivity contribution >= 4 is 11.3 Å². The maximum atomic E-state index is 5.96. The number of nitrogens with two attached hydrogens (primary N) is 1. The Bertz CT molecular complexity index is 569. The Hall–Kier alpha value is -1.52. The Morgan fingerprint density at radius 1 is 1.17 bits per heavy atom. The lowest BCUT2D eigenvalue weighted by molar-refractivity contribution is 0.286. The van der Waals surface area contributed by atoms with E-state index in [1.165, 1.54) is 23.3 Å². The minimum absolute atomic E-state index is 0.357. The number of methoxy groups -OCH3 is 1. The highest BCUT2D eigenvalue weighted by molar-refractivity contribution is 7.10. The maximum Gasteiger partial charge on any atom is 0.161 e. The standard InChI is InChI=1S/C19H27NO2S/c1-3-4-5-10-22-17-9-8-15(13-18(17)21-2)12-16(14-20)19-7-6-11-23-19/h6-9,11,13,16H,3-5,10,12,14,20H2,1-2H3. The van der Waals surface area contributed by atoms with Crippen molar-refractivity contribution in [2.24, 2.45) is 5.73 Å². The molecule has 1 unspecified atom stereocenters. The molecule has 0 radical (unpaired) electrons. The average Bonchev–Trinajstić information content (AvgIpc) is 3.11. The number of thiophene rings is 1. The highest BCUT2D eigenvalue weighted by atomic mass is 32.1. The van der Waals surface area contributed by atoms with Gasteiger partial charge in [0, 0.05) is 17.3 Å². The largest absolute Gasteiger partial charge is 0.493 e. The summed E-state index contributed by atoms with van der Waals surface area (Å²) >= 11 is 1.77. The molecule has 0 fully saturated rings. The summed E-state index contributed by atoms with van der Waals surface area (Å²) in [7, 11) is 1.69. The summed E-state index contributed by atoms with van der Waals surface area (Å²) in [4.78, 5) is 1.34. The number of ether oxygens (including phenoxy) is 2. The molecule has 2 rings (SSSR count). The third kappa shape index (κ3) is 5.26. The summed E-state index contributed by atoms with van der Waals surface area (Å²) in [6.07, 6.45) is 4.39. The van der Waals surface area contributed by atoms with Crippen LogP contribution in [0.3, 0.4) is 0 Å². The van der Waals surface area contributed by atoms with E-state index in [0.717, 1.165) is 30.9 Å². The van der Waals surface area contributed by atoms with E-state index in [1.807, 2.05) is 6.07 Å². The van der Waals surface area contributed by atoms with Crippen LogP contribution in [0.25, 0.3) is 0 Å². The van der Waals surface area contributed by atoms with Crippen LogP contribution >= 0.6 is 11.3 Å². The molecule has 126 valence electrons. The van der Waals surface area contributed by atoms with Crippen molar-refractivity contribution in [1.82, 2.24) is 0 Å². The molecule has 0 saturated carbocycles. The topological polar surface area (TPSA) is 44.5 Å². The van der Waals surface area contributed by atoms with Crippen LogP contribution in [0.15, 0.2) is 35.7 Å². The summed E-state index contributed by atoms with van der Waals surface area (Å²) in [6, 6.07) is 10.4. The third-order valence-electron chi connectivity index (χ3n) is 3.95. The Balaban J connectivity index is 2.02. The summed E-state index contributed by atoms with van der Waals surface area (Å²) < 4.78 is 11.3. The van der Waals surface area contributed by atoms with E-state index in [1.54, 1.807) is 18.4 Å². The van der Waals surface area contributed by atoms with E-state index < -0.39 is 0 Å². The highest BCUT2D eigenvalue weighted by Gasteiger charge is 2.13. The van der Waals surface area contributed by atoms with Gasteiger partial charge in [0.05, 0.1) is 13.7 Å². The molecular weight excluding hydrogens is 306 g/mol. The molecule has 0 saturated heterocycles. The summed E-state index contributed by atoms with van der Waals surface area (Å²) in [5.41, 5.74) is 7.19. The molecule has 2 aromatic rings. The van der Waals surface area contributed by atoms with Gasteiger partial charge in [-0.15, -0.1) is 11.3 Å². The first-order valence-corrected chi connectivity index (χ1v) is 9.19. The molecule has 0 spiro atoms. The first-order valence-electron chi connectivity index (χ1n) is 8.31. The summed E-state index contributed by atoms with van der Waals surface area (Å²) in [5, 5.41) is 2.10. The fourth-order valence-electron chi connectivity index (χ4n) is 2.60. The van der Waals surface area contributed by atoms with Gasteiger partial charge in [-0.3, -0.25) is 0 Å². The smallest absolute Gasteiger partial charge is 0.161 e. The molecule has 0 bridgehead atoms. The lowest BCUT2D eigenvalue weighted by atomic mass is 9.97. The van der Waals surface area contributed by atoms with Crippen molar-refractivity contribution in [2.45, 2.75) is 38.5 Å². The second-order valence-corrected chi connectivity index (χ2v) is 6.67. The molecule has 4 heteroatoms. The van der Waals surface area contributed by atoms with E-state index in [4.69, 9.17) is 15.2 Å². The lowest BCUT2D eigenvalue weighted by Gasteiger charge is -2.16. The van der Waals surface area contributed by atoms with Crippen LogP contribution in [0.4, 0.5) is 0 Å². The molecule has 23 heavy (non-hydrogen) atoms. The Morgan fingerprint density at radius 3 is 2.70 bits per heavy atom. The van der Waals surface area contributed by atoms with Crippen LogP contribution in [-0.2, 0) is 6.42 Å². The molecule has 1 atom stereocenters. The van der Waals surface area contributed by atoms with Gasteiger partial charge in [-0.05, 0) is 42.0 Å². The van der Waals surface area contributed by atoms with E-state index in [0.29, 0.717) is 12.5 Å². The molecule has 0 aliphatic rings. The fourth-order valence-corrected chi connectivity index (χ4v) is 3.44. The van der Waals surface area contributed by atoms with E-state index >= 15 is 0 Å². The van der Waals surface area contributed by atoms with Crippen LogP contribution in [0, 0.1) is 0 Å². The lowest BCUT2D eigenvalue weighted by Crippen LogP contribution is -2.14. The van der Waals surface area contributed by atoms with Crippen LogP contribution in [0.2, 0.25) is 0 Å². The van der Waals surface area contributed by atoms with Gasteiger partial charge in [0.15, 0.2) is 11.5 Å². The normalized spacial score (nSPS) is 12.1. The molecule has 0 aliphatic carbocycles. The molecule has 1 heterocycles. The average molecular weight is 333 g/mol. The quantitative estimate of drug-likeness (QED) is 0.646. The van der Waals surface area contributed by atoms with Gasteiger partial charge in [-0.25, -0.2) is 0 Å². The molecule has 1 aromatic heterocycles. The van der Waals surface area contributed by atoms with Crippen LogP contribution < -0.4 is 15.2 Å². The van der Waals surface area contributed by atoms with Gasteiger partial charge in [-0.2, -0.15) is 0 Å². The van der Waals surface area contributed by atoms with Crippen molar-refractivity contribution in [3.05, 3.63) is 46.2 Å². The zero-order valence-corrected chi connectivity index (χ0v) is 14.9. The monoisotopic (exact) mass is 333 g/mol. The van der Waals surface area contributed by atoms with Crippen molar-refractivity contribution < 1.29 is 9.47 Å². The van der Waals surface area contributed by atoms with E-state index in [-0.39, 0.29) is 0 Å². The minimum atomic E-state index is 0.357. The van der Waals surface area contributed by atoms with Crippen molar-refractivity contribution in [3.8, 4) is 11.5 Å². The van der Waals surface area contributed by atoms with Gasteiger partial charge < -0.3 is 15.2 Å². The molecule has 1 aromatic carbocycles. The molecular formula is C19H27NO2S. The second kappa shape index (κ2) is 9.58. The van der Waals surface area contributed by atoms with E-state index in [9.17, 15) is 0 Å². The highest BCUT2D eigenvalue weighted by Crippen LogP contribution is 2.31. The second-order valence-electron chi connectivity index (χ2n) is 5.69. The Labute approximate surface area is 143 Å². The number of benzene rings is 1. The number of rotatable bonds is 10. The summed E-state index contributed by atoms with van der Waals surface area (Å²) in [6.45, 7) is 3.58. The van der Waals surface area contributed by atoms with Crippen LogP contribution in [0.5, 0.6) is 11.5 Å². The molecule has 0 amide bonds. The minimum Gasteiger partial charge on any atom is -0.493 e. The molecule has 3 nitrogen and oxygen atoms in total. The number of unbranched alkanes of at least 4 members (excludes halogenated alkanes) is 2. The molecule has 2 N–H and O–H groups in total. The Kier molecular flexibility index (Phi) is 7.43. The maximum absolute atomic E-state index is 5.96. The number of hydrogen-bond acceptors (Lipinski definition) is 4. The first kappa shape index (κ1) is 17.8.